The predicted octanol–water partition coefficient (Wildman–Crippen LogP) is -0.944. The molecule has 1 aliphatic heterocycles. The molecule has 0 fully saturated rings. The molecule has 0 N–H and O–H groups in total. The summed E-state index contributed by atoms with van der Waals surface area (Å²) in [4.78, 5) is 22.4. The van der Waals surface area contributed by atoms with Gasteiger partial charge in [0.1, 0.15) is 0 Å². The molecule has 0 spiro atoms. The quantitative estimate of drug-likeness (QED) is 0.573. The summed E-state index contributed by atoms with van der Waals surface area (Å²) in [6, 6.07) is 0. The zero-order valence-electron chi connectivity index (χ0n) is 8.22. The second-order valence-corrected chi connectivity index (χ2v) is 5.01. The molecule has 0 amide bonds. The van der Waals surface area contributed by atoms with E-state index < -0.39 is 27.0 Å². The molecular weight excluding hydrogens is 224 g/mol. The summed E-state index contributed by atoms with van der Waals surface area (Å²) in [7, 11) is -1.50. The van der Waals surface area contributed by atoms with Crippen LogP contribution in [0, 0.1) is 0 Å². The highest BCUT2D eigenvalue weighted by Crippen LogP contribution is 2.23. The van der Waals surface area contributed by atoms with Crippen LogP contribution >= 0.6 is 0 Å². The number of sulfone groups is 1. The summed E-state index contributed by atoms with van der Waals surface area (Å²) >= 11 is 0. The van der Waals surface area contributed by atoms with Crippen LogP contribution in [0.25, 0.3) is 0 Å². The van der Waals surface area contributed by atoms with Gasteiger partial charge in [0.15, 0.2) is 15.1 Å². The van der Waals surface area contributed by atoms with Crippen molar-refractivity contribution in [2.75, 3.05) is 20.0 Å². The number of hydrogen-bond acceptors (Lipinski definition) is 6. The number of carbonyl (C=O) groups excluding carboxylic acids is 2. The minimum atomic E-state index is -3.67. The summed E-state index contributed by atoms with van der Waals surface area (Å²) in [5.74, 6) is -2.15. The van der Waals surface area contributed by atoms with E-state index in [0.29, 0.717) is 0 Å². The summed E-state index contributed by atoms with van der Waals surface area (Å²) in [5.41, 5.74) is -0.177. The first-order valence-corrected chi connectivity index (χ1v) is 5.73. The van der Waals surface area contributed by atoms with Gasteiger partial charge in [-0.3, -0.25) is 4.79 Å². The van der Waals surface area contributed by atoms with Gasteiger partial charge >= 0.3 is 11.9 Å². The summed E-state index contributed by atoms with van der Waals surface area (Å²) in [6.07, 6.45) is 1.17. The highest BCUT2D eigenvalue weighted by molar-refractivity contribution is 7.93. The normalized spacial score (nSPS) is 23.1. The van der Waals surface area contributed by atoms with Gasteiger partial charge in [-0.05, 0) is 0 Å². The molecule has 1 rings (SSSR count). The van der Waals surface area contributed by atoms with Crippen LogP contribution in [0.15, 0.2) is 11.6 Å². The lowest BCUT2D eigenvalue weighted by Gasteiger charge is -2.10. The zero-order chi connectivity index (χ0) is 11.6. The lowest BCUT2D eigenvalue weighted by molar-refractivity contribution is -0.142. The minimum absolute atomic E-state index is 0.177. The second-order valence-electron chi connectivity index (χ2n) is 2.88. The Labute approximate surface area is 86.8 Å². The minimum Gasteiger partial charge on any atom is -0.468 e. The molecule has 0 aromatic heterocycles. The maximum atomic E-state index is 11.4. The number of hydrogen-bond donors (Lipinski definition) is 0. The molecule has 1 aliphatic rings. The number of rotatable bonds is 2. The molecule has 1 unspecified atom stereocenters. The Kier molecular flexibility index (Phi) is 3.13. The predicted molar refractivity (Wildman–Crippen MR) is 49.7 cm³/mol. The third-order valence-corrected chi connectivity index (χ3v) is 3.81. The van der Waals surface area contributed by atoms with E-state index in [4.69, 9.17) is 0 Å². The van der Waals surface area contributed by atoms with Crippen LogP contribution in [0.5, 0.6) is 0 Å². The first kappa shape index (κ1) is 11.7. The van der Waals surface area contributed by atoms with Gasteiger partial charge in [-0.1, -0.05) is 6.08 Å². The van der Waals surface area contributed by atoms with E-state index in [1.807, 2.05) is 0 Å². The van der Waals surface area contributed by atoms with Gasteiger partial charge in [0.05, 0.1) is 25.5 Å². The molecule has 7 heteroatoms. The Morgan fingerprint density at radius 2 is 1.93 bits per heavy atom. The van der Waals surface area contributed by atoms with Crippen LogP contribution < -0.4 is 0 Å². The molecule has 1 atom stereocenters. The first-order chi connectivity index (χ1) is 6.94. The van der Waals surface area contributed by atoms with Gasteiger partial charge < -0.3 is 9.47 Å². The average molecular weight is 234 g/mol. The molecule has 15 heavy (non-hydrogen) atoms. The summed E-state index contributed by atoms with van der Waals surface area (Å²) in [5, 5.41) is -1.55. The first-order valence-electron chi connectivity index (χ1n) is 4.01. The van der Waals surface area contributed by atoms with Gasteiger partial charge in [-0.2, -0.15) is 0 Å². The Balaban J connectivity index is 3.11. The molecule has 0 bridgehead atoms. The number of esters is 2. The highest BCUT2D eigenvalue weighted by Gasteiger charge is 2.44. The molecule has 0 aromatic rings. The number of carbonyl (C=O) groups is 2. The smallest absolute Gasteiger partial charge is 0.335 e. The average Bonchev–Trinajstić information content (AvgIpc) is 2.52. The van der Waals surface area contributed by atoms with E-state index in [2.05, 4.69) is 9.47 Å². The molecule has 6 nitrogen and oxygen atoms in total. The van der Waals surface area contributed by atoms with Crippen molar-refractivity contribution in [3.8, 4) is 0 Å². The van der Waals surface area contributed by atoms with E-state index in [9.17, 15) is 18.0 Å². The maximum absolute atomic E-state index is 11.4. The Hall–Kier alpha value is -1.37. The van der Waals surface area contributed by atoms with Crippen molar-refractivity contribution < 1.29 is 27.5 Å². The van der Waals surface area contributed by atoms with Crippen LogP contribution in [0.2, 0.25) is 0 Å². The standard InChI is InChI=1S/C8H10O6S/c1-13-7(9)5-3-4-15(11,12)6(5)8(10)14-2/h3,6H,4H2,1-2H3. The fourth-order valence-corrected chi connectivity index (χ4v) is 2.86. The van der Waals surface area contributed by atoms with Crippen molar-refractivity contribution in [1.82, 2.24) is 0 Å². The Morgan fingerprint density at radius 1 is 1.33 bits per heavy atom. The zero-order valence-corrected chi connectivity index (χ0v) is 9.04. The van der Waals surface area contributed by atoms with Crippen LogP contribution in [0.1, 0.15) is 0 Å². The number of ether oxygens (including phenoxy) is 2. The topological polar surface area (TPSA) is 86.7 Å². The van der Waals surface area contributed by atoms with E-state index in [1.54, 1.807) is 0 Å². The lowest BCUT2D eigenvalue weighted by Crippen LogP contribution is -2.33. The van der Waals surface area contributed by atoms with Crippen molar-refractivity contribution >= 4 is 21.8 Å². The molecular formula is C8H10O6S. The Bertz CT molecular complexity index is 418. The third-order valence-electron chi connectivity index (χ3n) is 2.01. The van der Waals surface area contributed by atoms with Crippen LogP contribution in [-0.4, -0.2) is 45.6 Å². The van der Waals surface area contributed by atoms with Crippen LogP contribution in [0.4, 0.5) is 0 Å². The maximum Gasteiger partial charge on any atom is 0.335 e. The van der Waals surface area contributed by atoms with Crippen molar-refractivity contribution in [3.05, 3.63) is 11.6 Å². The van der Waals surface area contributed by atoms with Gasteiger partial charge in [-0.15, -0.1) is 0 Å². The third kappa shape index (κ3) is 2.01. The SMILES string of the molecule is COC(=O)C1=CCS(=O)(=O)C1C(=O)OC. The Morgan fingerprint density at radius 3 is 2.40 bits per heavy atom. The lowest BCUT2D eigenvalue weighted by atomic mass is 10.2. The summed E-state index contributed by atoms with van der Waals surface area (Å²) in [6.45, 7) is 0. The molecule has 84 valence electrons. The van der Waals surface area contributed by atoms with Crippen molar-refractivity contribution in [2.24, 2.45) is 0 Å². The molecule has 0 aliphatic carbocycles. The molecule has 0 radical (unpaired) electrons. The summed E-state index contributed by atoms with van der Waals surface area (Å²) < 4.78 is 31.6. The van der Waals surface area contributed by atoms with Gasteiger partial charge in [0, 0.05) is 0 Å². The molecule has 0 saturated carbocycles. The van der Waals surface area contributed by atoms with Crippen molar-refractivity contribution in [1.29, 1.82) is 0 Å². The van der Waals surface area contributed by atoms with E-state index >= 15 is 0 Å². The van der Waals surface area contributed by atoms with Gasteiger partial charge in [0.25, 0.3) is 0 Å². The second kappa shape index (κ2) is 4.01. The fraction of sp³-hybridized carbons (Fsp3) is 0.500. The number of methoxy groups -OCH3 is 2. The molecule has 1 heterocycles. The van der Waals surface area contributed by atoms with E-state index in [1.165, 1.54) is 6.08 Å². The molecule has 0 aromatic carbocycles. The van der Waals surface area contributed by atoms with Crippen molar-refractivity contribution in [2.45, 2.75) is 5.25 Å². The van der Waals surface area contributed by atoms with E-state index in [-0.39, 0.29) is 11.3 Å². The fourth-order valence-electron chi connectivity index (χ4n) is 1.29. The monoisotopic (exact) mass is 234 g/mol. The van der Waals surface area contributed by atoms with Crippen LogP contribution in [-0.2, 0) is 28.9 Å². The highest BCUT2D eigenvalue weighted by atomic mass is 32.2. The largest absolute Gasteiger partial charge is 0.468 e. The van der Waals surface area contributed by atoms with Gasteiger partial charge in [0.2, 0.25) is 0 Å². The van der Waals surface area contributed by atoms with Gasteiger partial charge in [-0.25, -0.2) is 13.2 Å². The van der Waals surface area contributed by atoms with Crippen LogP contribution in [0.3, 0.4) is 0 Å². The van der Waals surface area contributed by atoms with E-state index in [0.717, 1.165) is 14.2 Å². The molecule has 0 saturated heterocycles. The van der Waals surface area contributed by atoms with Crippen molar-refractivity contribution in [3.63, 3.8) is 0 Å².